The Morgan fingerprint density at radius 1 is 1.11 bits per heavy atom. The molecule has 0 spiro atoms. The molecule has 1 aromatic carbocycles. The number of aromatic nitrogens is 2. The van der Waals surface area contributed by atoms with Crippen molar-refractivity contribution in [2.75, 3.05) is 19.6 Å². The molecule has 1 aromatic heterocycles. The van der Waals surface area contributed by atoms with E-state index < -0.39 is 0 Å². The molecule has 2 N–H and O–H groups in total. The van der Waals surface area contributed by atoms with E-state index in [4.69, 9.17) is 33.0 Å². The van der Waals surface area contributed by atoms with Crippen molar-refractivity contribution in [2.24, 2.45) is 0 Å². The van der Waals surface area contributed by atoms with Crippen molar-refractivity contribution in [2.45, 2.75) is 40.2 Å². The van der Waals surface area contributed by atoms with Crippen molar-refractivity contribution >= 4 is 29.1 Å². The summed E-state index contributed by atoms with van der Waals surface area (Å²) >= 11 is 12.2. The molecule has 0 saturated carbocycles. The Bertz CT molecular complexity index is 757. The van der Waals surface area contributed by atoms with E-state index in [9.17, 15) is 4.79 Å². The number of ether oxygens (including phenoxy) is 1. The average Bonchev–Trinajstić information content (AvgIpc) is 2.93. The number of benzene rings is 1. The molecule has 0 atom stereocenters. The van der Waals surface area contributed by atoms with E-state index in [-0.39, 0.29) is 5.91 Å². The van der Waals surface area contributed by atoms with Crippen molar-refractivity contribution in [1.29, 1.82) is 0 Å². The van der Waals surface area contributed by atoms with Crippen LogP contribution in [0.2, 0.25) is 10.0 Å². The molecule has 2 rings (SSSR count). The fourth-order valence-electron chi connectivity index (χ4n) is 2.75. The molecule has 1 heterocycles. The van der Waals surface area contributed by atoms with E-state index >= 15 is 0 Å². The van der Waals surface area contributed by atoms with Gasteiger partial charge in [-0.25, -0.2) is 0 Å². The number of amides is 1. The van der Waals surface area contributed by atoms with Gasteiger partial charge in [-0.1, -0.05) is 37.0 Å². The van der Waals surface area contributed by atoms with E-state index in [0.29, 0.717) is 28.9 Å². The highest BCUT2D eigenvalue weighted by Gasteiger charge is 2.18. The number of nitrogens with one attached hydrogen (secondary N) is 2. The van der Waals surface area contributed by atoms with Gasteiger partial charge in [0.05, 0.1) is 12.2 Å². The van der Waals surface area contributed by atoms with Gasteiger partial charge in [-0.15, -0.1) is 0 Å². The van der Waals surface area contributed by atoms with E-state index in [2.05, 4.69) is 24.5 Å². The Morgan fingerprint density at radius 2 is 1.81 bits per heavy atom. The summed E-state index contributed by atoms with van der Waals surface area (Å²) in [6.07, 6.45) is 1.56. The number of hydrogen-bond acceptors (Lipinski definition) is 4. The molecule has 0 unspecified atom stereocenters. The monoisotopic (exact) mass is 412 g/mol. The molecule has 0 bridgehead atoms. The highest BCUT2D eigenvalue weighted by Crippen LogP contribution is 2.33. The number of aryl methyl sites for hydroxylation is 1. The maximum atomic E-state index is 10.9. The Balaban J connectivity index is 2.08. The fraction of sp³-hybridized carbons (Fsp3) is 0.474. The summed E-state index contributed by atoms with van der Waals surface area (Å²) in [5, 5.41) is 11.8. The summed E-state index contributed by atoms with van der Waals surface area (Å²) in [4.78, 5) is 10.9. The zero-order valence-corrected chi connectivity index (χ0v) is 17.5. The topological polar surface area (TPSA) is 68.2 Å². The molecule has 148 valence electrons. The number of carbonyl (C=O) groups excluding carboxylic acids is 1. The minimum absolute atomic E-state index is 0.0207. The molecule has 1 amide bonds. The quantitative estimate of drug-likeness (QED) is 0.581. The van der Waals surface area contributed by atoms with E-state index in [0.717, 1.165) is 43.1 Å². The minimum Gasteiger partial charge on any atom is -0.453 e. The van der Waals surface area contributed by atoms with Gasteiger partial charge >= 0.3 is 0 Å². The second-order valence-electron chi connectivity index (χ2n) is 6.09. The molecule has 0 aliphatic carbocycles. The largest absolute Gasteiger partial charge is 0.453 e. The first-order valence-corrected chi connectivity index (χ1v) is 9.87. The summed E-state index contributed by atoms with van der Waals surface area (Å²) in [7, 11) is 0. The van der Waals surface area contributed by atoms with Crippen LogP contribution in [0.5, 0.6) is 11.5 Å². The van der Waals surface area contributed by atoms with E-state index in [1.165, 1.54) is 6.92 Å². The van der Waals surface area contributed by atoms with Gasteiger partial charge in [0, 0.05) is 36.6 Å². The first-order chi connectivity index (χ1) is 12.9. The van der Waals surface area contributed by atoms with Gasteiger partial charge in [0.25, 0.3) is 0 Å². The second kappa shape index (κ2) is 10.5. The van der Waals surface area contributed by atoms with Gasteiger partial charge in [0.2, 0.25) is 5.91 Å². The molecule has 2 aromatic rings. The maximum Gasteiger partial charge on any atom is 0.216 e. The van der Waals surface area contributed by atoms with Crippen LogP contribution in [-0.2, 0) is 24.2 Å². The lowest BCUT2D eigenvalue weighted by molar-refractivity contribution is -0.118. The third-order valence-electron chi connectivity index (χ3n) is 3.98. The van der Waals surface area contributed by atoms with Gasteiger partial charge in [-0.2, -0.15) is 5.10 Å². The molecule has 6 nitrogen and oxygen atoms in total. The summed E-state index contributed by atoms with van der Waals surface area (Å²) in [6.45, 7) is 8.44. The van der Waals surface area contributed by atoms with Gasteiger partial charge in [-0.05, 0) is 31.0 Å². The van der Waals surface area contributed by atoms with Crippen LogP contribution in [0.25, 0.3) is 0 Å². The third-order valence-corrected chi connectivity index (χ3v) is 4.42. The molecule has 0 aliphatic heterocycles. The first-order valence-electron chi connectivity index (χ1n) is 9.12. The van der Waals surface area contributed by atoms with Crippen molar-refractivity contribution in [1.82, 2.24) is 20.4 Å². The number of halogens is 2. The second-order valence-corrected chi connectivity index (χ2v) is 6.97. The van der Waals surface area contributed by atoms with Crippen LogP contribution in [0.15, 0.2) is 18.2 Å². The van der Waals surface area contributed by atoms with Crippen molar-refractivity contribution in [3.63, 3.8) is 0 Å². The number of nitrogens with zero attached hydrogens (tertiary/aromatic N) is 2. The Morgan fingerprint density at radius 3 is 2.41 bits per heavy atom. The van der Waals surface area contributed by atoms with Gasteiger partial charge < -0.3 is 15.4 Å². The standard InChI is InChI=1S/C19H26Cl2N4O2/c1-4-17-19(27-16-11-14(20)10-15(21)12-16)18(5-2)25(24-17)9-8-22-6-7-23-13(3)26/h10-12,22H,4-9H2,1-3H3,(H,23,26). The highest BCUT2D eigenvalue weighted by molar-refractivity contribution is 6.34. The van der Waals surface area contributed by atoms with Gasteiger partial charge in [-0.3, -0.25) is 9.48 Å². The molecular weight excluding hydrogens is 387 g/mol. The molecule has 0 fully saturated rings. The summed E-state index contributed by atoms with van der Waals surface area (Å²) < 4.78 is 8.09. The van der Waals surface area contributed by atoms with Crippen molar-refractivity contribution < 1.29 is 9.53 Å². The minimum atomic E-state index is -0.0207. The molecule has 0 aliphatic rings. The smallest absolute Gasteiger partial charge is 0.216 e. The lowest BCUT2D eigenvalue weighted by Crippen LogP contribution is -2.32. The van der Waals surface area contributed by atoms with E-state index in [1.54, 1.807) is 18.2 Å². The Kier molecular flexibility index (Phi) is 8.41. The van der Waals surface area contributed by atoms with Gasteiger partial charge in [0.1, 0.15) is 11.4 Å². The van der Waals surface area contributed by atoms with Crippen LogP contribution in [0.4, 0.5) is 0 Å². The average molecular weight is 413 g/mol. The van der Waals surface area contributed by atoms with Gasteiger partial charge in [0.15, 0.2) is 5.75 Å². The summed E-state index contributed by atoms with van der Waals surface area (Å²) in [6, 6.07) is 5.16. The Hall–Kier alpha value is -1.76. The zero-order chi connectivity index (χ0) is 19.8. The molecule has 27 heavy (non-hydrogen) atoms. The summed E-state index contributed by atoms with van der Waals surface area (Å²) in [5.74, 6) is 1.36. The van der Waals surface area contributed by atoms with Crippen LogP contribution >= 0.6 is 23.2 Å². The lowest BCUT2D eigenvalue weighted by Gasteiger charge is -2.11. The predicted molar refractivity (Wildman–Crippen MR) is 109 cm³/mol. The fourth-order valence-corrected chi connectivity index (χ4v) is 3.26. The number of hydrogen-bond donors (Lipinski definition) is 2. The number of carbonyl (C=O) groups is 1. The molecule has 0 radical (unpaired) electrons. The van der Waals surface area contributed by atoms with Crippen molar-refractivity contribution in [3.05, 3.63) is 39.6 Å². The Labute approximate surface area is 170 Å². The molecular formula is C19H26Cl2N4O2. The SMILES string of the molecule is CCc1nn(CCNCCNC(C)=O)c(CC)c1Oc1cc(Cl)cc(Cl)c1. The first kappa shape index (κ1) is 21.5. The van der Waals surface area contributed by atoms with Crippen LogP contribution in [0.3, 0.4) is 0 Å². The van der Waals surface area contributed by atoms with Crippen LogP contribution < -0.4 is 15.4 Å². The molecule has 0 saturated heterocycles. The van der Waals surface area contributed by atoms with Crippen LogP contribution in [0.1, 0.15) is 32.2 Å². The summed E-state index contributed by atoms with van der Waals surface area (Å²) in [5.41, 5.74) is 1.94. The number of rotatable bonds is 10. The van der Waals surface area contributed by atoms with Crippen LogP contribution in [-0.4, -0.2) is 35.3 Å². The van der Waals surface area contributed by atoms with Crippen molar-refractivity contribution in [3.8, 4) is 11.5 Å². The predicted octanol–water partition coefficient (Wildman–Crippen LogP) is 3.83. The zero-order valence-electron chi connectivity index (χ0n) is 15.9. The van der Waals surface area contributed by atoms with Crippen LogP contribution in [0, 0.1) is 0 Å². The highest BCUT2D eigenvalue weighted by atomic mass is 35.5. The van der Waals surface area contributed by atoms with E-state index in [1.807, 2.05) is 4.68 Å². The normalized spacial score (nSPS) is 10.9. The maximum absolute atomic E-state index is 10.9. The lowest BCUT2D eigenvalue weighted by atomic mass is 10.2. The third kappa shape index (κ3) is 6.41. The molecule has 8 heteroatoms.